The molecule has 0 N–H and O–H groups in total. The second kappa shape index (κ2) is 4.49. The van der Waals surface area contributed by atoms with E-state index in [-0.39, 0.29) is 1.43 Å². The maximum absolute atomic E-state index is 4.67. The van der Waals surface area contributed by atoms with Crippen molar-refractivity contribution in [2.75, 3.05) is 13.7 Å². The quantitative estimate of drug-likeness (QED) is 0.446. The van der Waals surface area contributed by atoms with Crippen LogP contribution in [0.15, 0.2) is 0 Å². The van der Waals surface area contributed by atoms with E-state index in [0.29, 0.717) is 0 Å². The van der Waals surface area contributed by atoms with Crippen LogP contribution in [-0.2, 0) is 4.74 Å². The lowest BCUT2D eigenvalue weighted by Crippen LogP contribution is -1.82. The highest BCUT2D eigenvalue weighted by atomic mass is 27.0. The van der Waals surface area contributed by atoms with Crippen molar-refractivity contribution in [3.63, 3.8) is 0 Å². The van der Waals surface area contributed by atoms with Crippen molar-refractivity contribution in [1.82, 2.24) is 0 Å². The third-order valence-electron chi connectivity index (χ3n) is 0.322. The van der Waals surface area contributed by atoms with Crippen molar-refractivity contribution < 1.29 is 6.16 Å². The van der Waals surface area contributed by atoms with Gasteiger partial charge in [0, 0.05) is 15.1 Å². The molecule has 0 saturated heterocycles. The Morgan fingerprint density at radius 3 is 2.60 bits per heavy atom. The summed E-state index contributed by atoms with van der Waals surface area (Å²) in [5, 5.41) is 1.04. The zero-order valence-corrected chi connectivity index (χ0v) is 4.55. The van der Waals surface area contributed by atoms with Crippen LogP contribution in [0.4, 0.5) is 0 Å². The van der Waals surface area contributed by atoms with E-state index >= 15 is 0 Å². The summed E-state index contributed by atoms with van der Waals surface area (Å²) < 4.78 is 4.67. The third-order valence-corrected chi connectivity index (χ3v) is 0.558. The summed E-state index contributed by atoms with van der Waals surface area (Å²) in [6.07, 6.45) is 0. The van der Waals surface area contributed by atoms with E-state index in [2.05, 4.69) is 21.0 Å². The van der Waals surface area contributed by atoms with Gasteiger partial charge in [-0.15, -0.1) is 0 Å². The molecule has 2 radical (unpaired) electrons. The first kappa shape index (κ1) is 5.49. The Balaban J connectivity index is 0. The van der Waals surface area contributed by atoms with Gasteiger partial charge in [-0.1, -0.05) is 5.28 Å². The highest BCUT2D eigenvalue weighted by molar-refractivity contribution is 6.08. The standard InChI is InChI=1S/C3H7O.Al.H2/c1-3-4-2;;/h1,3H2,2H3;;1H. The molecule has 0 bridgehead atoms. The van der Waals surface area contributed by atoms with Crippen LogP contribution in [-0.4, -0.2) is 30.0 Å². The molecule has 5 heavy (non-hydrogen) atoms. The number of methoxy groups -OCH3 is 1. The van der Waals surface area contributed by atoms with Gasteiger partial charge in [-0.05, 0) is 0 Å². The molecule has 0 amide bonds. The minimum atomic E-state index is 0. The van der Waals surface area contributed by atoms with Gasteiger partial charge in [-0.25, -0.2) is 0 Å². The molecule has 1 nitrogen and oxygen atoms in total. The van der Waals surface area contributed by atoms with E-state index in [1.807, 2.05) is 0 Å². The number of ether oxygens (including phenoxy) is 1. The fourth-order valence-electron chi connectivity index (χ4n) is 0.118. The zero-order chi connectivity index (χ0) is 4.12. The molecule has 0 rings (SSSR count). The molecule has 0 atom stereocenters. The summed E-state index contributed by atoms with van der Waals surface area (Å²) in [5.74, 6) is 0. The molecule has 0 aromatic carbocycles. The Labute approximate surface area is 42.2 Å². The smallest absolute Gasteiger partial charge is 0.121 e. The monoisotopic (exact) mass is 88.0 g/mol. The lowest BCUT2D eigenvalue weighted by Gasteiger charge is -1.85. The van der Waals surface area contributed by atoms with Crippen molar-refractivity contribution in [2.24, 2.45) is 0 Å². The van der Waals surface area contributed by atoms with Crippen LogP contribution in [0, 0.1) is 0 Å². The van der Waals surface area contributed by atoms with Crippen molar-refractivity contribution in [3.8, 4) is 0 Å². The minimum Gasteiger partial charge on any atom is -0.386 e. The first-order valence-electron chi connectivity index (χ1n) is 1.61. The molecule has 0 aliphatic heterocycles. The largest absolute Gasteiger partial charge is 0.386 e. The fraction of sp³-hybridized carbons (Fsp3) is 1.00. The topological polar surface area (TPSA) is 9.23 Å². The van der Waals surface area contributed by atoms with Crippen LogP contribution in [0.2, 0.25) is 5.28 Å². The minimum absolute atomic E-state index is 0. The maximum Gasteiger partial charge on any atom is 0.121 e. The molecule has 0 saturated carbocycles. The lowest BCUT2D eigenvalue weighted by atomic mass is 10.9. The molecule has 0 heterocycles. The summed E-state index contributed by atoms with van der Waals surface area (Å²) in [6, 6.07) is 0. The van der Waals surface area contributed by atoms with Crippen LogP contribution in [0.1, 0.15) is 1.43 Å². The van der Waals surface area contributed by atoms with E-state index in [4.69, 9.17) is 0 Å². The van der Waals surface area contributed by atoms with E-state index in [0.717, 1.165) is 11.9 Å². The van der Waals surface area contributed by atoms with E-state index in [9.17, 15) is 0 Å². The molecule has 0 spiro atoms. The van der Waals surface area contributed by atoms with Crippen LogP contribution in [0.25, 0.3) is 0 Å². The molecular formula is C3H9AlO. The van der Waals surface area contributed by atoms with E-state index < -0.39 is 0 Å². The first-order chi connectivity index (χ1) is 2.41. The third kappa shape index (κ3) is 4.49. The van der Waals surface area contributed by atoms with Crippen LogP contribution in [0.3, 0.4) is 0 Å². The molecule has 0 aromatic heterocycles. The van der Waals surface area contributed by atoms with Crippen molar-refractivity contribution in [2.45, 2.75) is 5.28 Å². The molecule has 0 aliphatic rings. The average Bonchev–Trinajstić information content (AvgIpc) is 1.41. The molecule has 0 aliphatic carbocycles. The second-order valence-corrected chi connectivity index (χ2v) is 1.36. The van der Waals surface area contributed by atoms with Gasteiger partial charge in [0.25, 0.3) is 0 Å². The van der Waals surface area contributed by atoms with Crippen molar-refractivity contribution in [1.29, 1.82) is 0 Å². The van der Waals surface area contributed by atoms with Crippen LogP contribution < -0.4 is 0 Å². The van der Waals surface area contributed by atoms with Crippen molar-refractivity contribution >= 4 is 16.3 Å². The Morgan fingerprint density at radius 1 is 2.00 bits per heavy atom. The molecule has 0 fully saturated rings. The van der Waals surface area contributed by atoms with Gasteiger partial charge >= 0.3 is 0 Å². The van der Waals surface area contributed by atoms with Crippen LogP contribution in [0.5, 0.6) is 0 Å². The summed E-state index contributed by atoms with van der Waals surface area (Å²) in [5.41, 5.74) is 0. The number of hydrogen-bond donors (Lipinski definition) is 0. The predicted octanol–water partition coefficient (Wildman–Crippen LogP) is 0.466. The summed E-state index contributed by atoms with van der Waals surface area (Å²) in [4.78, 5) is 0. The summed E-state index contributed by atoms with van der Waals surface area (Å²) >= 11 is 2.57. The fourth-order valence-corrected chi connectivity index (χ4v) is 0.354. The number of rotatable bonds is 2. The highest BCUT2D eigenvalue weighted by Crippen LogP contribution is 1.67. The Bertz CT molecular complexity index is 18.3. The molecule has 2 heteroatoms. The van der Waals surface area contributed by atoms with Gasteiger partial charge in [0.2, 0.25) is 0 Å². The van der Waals surface area contributed by atoms with Crippen molar-refractivity contribution in [3.05, 3.63) is 0 Å². The van der Waals surface area contributed by atoms with Gasteiger partial charge in [-0.2, -0.15) is 0 Å². The Hall–Kier alpha value is 0.492. The number of hydrogen-bond acceptors (Lipinski definition) is 1. The lowest BCUT2D eigenvalue weighted by molar-refractivity contribution is 0.216. The van der Waals surface area contributed by atoms with E-state index in [1.54, 1.807) is 7.11 Å². The predicted molar refractivity (Wildman–Crippen MR) is 24.6 cm³/mol. The molecule has 0 aromatic rings. The average molecular weight is 88.1 g/mol. The SMILES string of the molecule is COC[CH2][Al].[HH]. The first-order valence-corrected chi connectivity index (χ1v) is 2.42. The Kier molecular flexibility index (Phi) is 4.93. The van der Waals surface area contributed by atoms with Gasteiger partial charge in [0.15, 0.2) is 0 Å². The molecule has 0 unspecified atom stereocenters. The van der Waals surface area contributed by atoms with Gasteiger partial charge in [0.1, 0.15) is 16.3 Å². The van der Waals surface area contributed by atoms with E-state index in [1.165, 1.54) is 0 Å². The zero-order valence-electron chi connectivity index (χ0n) is 3.40. The summed E-state index contributed by atoms with van der Waals surface area (Å²) in [7, 11) is 1.70. The highest BCUT2D eigenvalue weighted by Gasteiger charge is 1.65. The van der Waals surface area contributed by atoms with Gasteiger partial charge < -0.3 is 4.74 Å². The molecule has 30 valence electrons. The van der Waals surface area contributed by atoms with Gasteiger partial charge in [-0.3, -0.25) is 0 Å². The van der Waals surface area contributed by atoms with Crippen LogP contribution >= 0.6 is 0 Å². The Morgan fingerprint density at radius 2 is 2.60 bits per heavy atom. The normalized spacial score (nSPS) is 8.20. The maximum atomic E-state index is 4.67. The second-order valence-electron chi connectivity index (χ2n) is 0.781. The summed E-state index contributed by atoms with van der Waals surface area (Å²) in [6.45, 7) is 0.852. The van der Waals surface area contributed by atoms with Gasteiger partial charge in [0.05, 0.1) is 0 Å². The molecular weight excluding hydrogens is 79.0 g/mol.